The van der Waals surface area contributed by atoms with E-state index in [0.717, 1.165) is 37.7 Å². The smallest absolute Gasteiger partial charge is 0.191 e. The molecule has 4 heteroatoms. The van der Waals surface area contributed by atoms with Crippen molar-refractivity contribution in [2.75, 3.05) is 13.1 Å². The summed E-state index contributed by atoms with van der Waals surface area (Å²) in [6.45, 7) is 5.78. The van der Waals surface area contributed by atoms with Gasteiger partial charge in [-0.3, -0.25) is 4.99 Å². The Hall–Kier alpha value is -0.770. The molecule has 0 aromatic heterocycles. The number of nitrogens with one attached hydrogen (secondary N) is 2. The lowest BCUT2D eigenvalue weighted by Crippen LogP contribution is -2.47. The fourth-order valence-corrected chi connectivity index (χ4v) is 3.49. The Kier molecular flexibility index (Phi) is 6.34. The van der Waals surface area contributed by atoms with Crippen LogP contribution in [0.2, 0.25) is 0 Å². The Balaban J connectivity index is 1.78. The maximum absolute atomic E-state index is 10.2. The lowest BCUT2D eigenvalue weighted by molar-refractivity contribution is -0.0236. The number of hydrogen-bond acceptors (Lipinski definition) is 2. The van der Waals surface area contributed by atoms with Crippen molar-refractivity contribution >= 4 is 5.96 Å². The third kappa shape index (κ3) is 5.17. The fraction of sp³-hybridized carbons (Fsp3) is 0.941. The summed E-state index contributed by atoms with van der Waals surface area (Å²) in [7, 11) is 0. The summed E-state index contributed by atoms with van der Waals surface area (Å²) >= 11 is 0. The zero-order valence-corrected chi connectivity index (χ0v) is 13.8. The van der Waals surface area contributed by atoms with Gasteiger partial charge in [-0.2, -0.15) is 0 Å². The van der Waals surface area contributed by atoms with E-state index in [1.807, 2.05) is 0 Å². The van der Waals surface area contributed by atoms with Gasteiger partial charge in [-0.25, -0.2) is 0 Å². The predicted octanol–water partition coefficient (Wildman–Crippen LogP) is 2.82. The van der Waals surface area contributed by atoms with Gasteiger partial charge >= 0.3 is 0 Å². The van der Waals surface area contributed by atoms with E-state index in [0.29, 0.717) is 12.6 Å². The molecule has 2 aliphatic carbocycles. The molecule has 0 spiro atoms. The van der Waals surface area contributed by atoms with E-state index in [4.69, 9.17) is 0 Å². The minimum Gasteiger partial charge on any atom is -0.388 e. The summed E-state index contributed by atoms with van der Waals surface area (Å²) in [6, 6.07) is 0.548. The molecule has 3 N–H and O–H groups in total. The van der Waals surface area contributed by atoms with Gasteiger partial charge in [0.15, 0.2) is 5.96 Å². The van der Waals surface area contributed by atoms with E-state index >= 15 is 0 Å². The van der Waals surface area contributed by atoms with Gasteiger partial charge in [-0.05, 0) is 57.8 Å². The first-order chi connectivity index (χ1) is 10.1. The van der Waals surface area contributed by atoms with Crippen molar-refractivity contribution in [1.29, 1.82) is 0 Å². The molecule has 0 bridgehead atoms. The molecule has 0 amide bonds. The molecule has 122 valence electrons. The van der Waals surface area contributed by atoms with Gasteiger partial charge in [-0.1, -0.05) is 19.8 Å². The highest BCUT2D eigenvalue weighted by atomic mass is 16.3. The largest absolute Gasteiger partial charge is 0.388 e. The van der Waals surface area contributed by atoms with Crippen LogP contribution in [0.15, 0.2) is 4.99 Å². The Bertz CT molecular complexity index is 331. The predicted molar refractivity (Wildman–Crippen MR) is 88.6 cm³/mol. The molecule has 21 heavy (non-hydrogen) atoms. The topological polar surface area (TPSA) is 56.7 Å². The lowest BCUT2D eigenvalue weighted by atomic mass is 9.80. The molecule has 2 aliphatic rings. The molecule has 0 unspecified atom stereocenters. The first-order valence-corrected chi connectivity index (χ1v) is 8.92. The van der Waals surface area contributed by atoms with Crippen LogP contribution in [0.3, 0.4) is 0 Å². The van der Waals surface area contributed by atoms with Gasteiger partial charge < -0.3 is 15.7 Å². The number of guanidine groups is 1. The van der Waals surface area contributed by atoms with Crippen molar-refractivity contribution in [2.24, 2.45) is 10.9 Å². The highest BCUT2D eigenvalue weighted by Crippen LogP contribution is 2.31. The van der Waals surface area contributed by atoms with Crippen LogP contribution >= 0.6 is 0 Å². The van der Waals surface area contributed by atoms with Crippen LogP contribution in [0.4, 0.5) is 0 Å². The number of hydrogen-bond donors (Lipinski definition) is 3. The van der Waals surface area contributed by atoms with E-state index in [2.05, 4.69) is 29.5 Å². The summed E-state index contributed by atoms with van der Waals surface area (Å²) in [6.07, 6.45) is 10.8. The molecule has 0 aromatic rings. The van der Waals surface area contributed by atoms with Crippen molar-refractivity contribution in [2.45, 2.75) is 83.3 Å². The van der Waals surface area contributed by atoms with E-state index in [9.17, 15) is 5.11 Å². The van der Waals surface area contributed by atoms with Gasteiger partial charge in [-0.15, -0.1) is 0 Å². The van der Waals surface area contributed by atoms with Crippen LogP contribution in [0.25, 0.3) is 0 Å². The minimum absolute atomic E-state index is 0.527. The normalized spacial score (nSPS) is 28.8. The van der Waals surface area contributed by atoms with Crippen LogP contribution in [-0.4, -0.2) is 35.8 Å². The van der Waals surface area contributed by atoms with E-state index in [1.54, 1.807) is 0 Å². The third-order valence-corrected chi connectivity index (χ3v) is 5.04. The third-order valence-electron chi connectivity index (χ3n) is 5.04. The highest BCUT2D eigenvalue weighted by molar-refractivity contribution is 5.80. The van der Waals surface area contributed by atoms with Gasteiger partial charge in [0.2, 0.25) is 0 Å². The van der Waals surface area contributed by atoms with E-state index < -0.39 is 5.60 Å². The molecular weight excluding hydrogens is 262 g/mol. The zero-order valence-electron chi connectivity index (χ0n) is 13.8. The second-order valence-corrected chi connectivity index (χ2v) is 6.92. The molecule has 2 fully saturated rings. The van der Waals surface area contributed by atoms with Crippen LogP contribution in [0, 0.1) is 5.92 Å². The van der Waals surface area contributed by atoms with Crippen LogP contribution in [0.5, 0.6) is 0 Å². The standard InChI is InChI=1S/C17H33N3O/c1-3-6-14-7-9-15(10-8-14)20-16(18-4-2)19-13-17(21)11-5-12-17/h14-15,21H,3-13H2,1-2H3,(H2,18,19,20). The van der Waals surface area contributed by atoms with Crippen molar-refractivity contribution in [1.82, 2.24) is 10.6 Å². The Morgan fingerprint density at radius 1 is 1.19 bits per heavy atom. The quantitative estimate of drug-likeness (QED) is 0.522. The molecule has 0 heterocycles. The summed E-state index contributed by atoms with van der Waals surface area (Å²) in [4.78, 5) is 4.60. The van der Waals surface area contributed by atoms with Crippen molar-refractivity contribution < 1.29 is 5.11 Å². The van der Waals surface area contributed by atoms with Crippen molar-refractivity contribution in [3.8, 4) is 0 Å². The second-order valence-electron chi connectivity index (χ2n) is 6.92. The number of rotatable bonds is 6. The summed E-state index contributed by atoms with van der Waals surface area (Å²) in [5, 5.41) is 17.0. The summed E-state index contributed by atoms with van der Waals surface area (Å²) in [5.41, 5.74) is -0.527. The highest BCUT2D eigenvalue weighted by Gasteiger charge is 2.34. The Morgan fingerprint density at radius 3 is 2.43 bits per heavy atom. The van der Waals surface area contributed by atoms with Gasteiger partial charge in [0.25, 0.3) is 0 Å². The van der Waals surface area contributed by atoms with Gasteiger partial charge in [0, 0.05) is 12.6 Å². The number of aliphatic hydroxyl groups is 1. The molecule has 0 saturated heterocycles. The molecule has 0 aliphatic heterocycles. The molecule has 0 atom stereocenters. The summed E-state index contributed by atoms with van der Waals surface area (Å²) in [5.74, 6) is 1.82. The van der Waals surface area contributed by atoms with Crippen LogP contribution in [-0.2, 0) is 0 Å². The number of nitrogens with zero attached hydrogens (tertiary/aromatic N) is 1. The minimum atomic E-state index is -0.527. The number of aliphatic imine (C=N–C) groups is 1. The first kappa shape index (κ1) is 16.6. The Labute approximate surface area is 129 Å². The fourth-order valence-electron chi connectivity index (χ4n) is 3.49. The molecule has 2 rings (SSSR count). The SMILES string of the molecule is CCCC1CCC(NC(=NCC2(O)CCC2)NCC)CC1. The molecule has 0 aromatic carbocycles. The molecule has 4 nitrogen and oxygen atoms in total. The van der Waals surface area contributed by atoms with Crippen molar-refractivity contribution in [3.05, 3.63) is 0 Å². The Morgan fingerprint density at radius 2 is 1.90 bits per heavy atom. The average molecular weight is 295 g/mol. The summed E-state index contributed by atoms with van der Waals surface area (Å²) < 4.78 is 0. The maximum Gasteiger partial charge on any atom is 0.191 e. The van der Waals surface area contributed by atoms with Gasteiger partial charge in [0.1, 0.15) is 0 Å². The second kappa shape index (κ2) is 8.02. The monoisotopic (exact) mass is 295 g/mol. The molecular formula is C17H33N3O. The zero-order chi connectivity index (χ0) is 15.1. The molecule has 0 radical (unpaired) electrons. The van der Waals surface area contributed by atoms with Crippen LogP contribution < -0.4 is 10.6 Å². The first-order valence-electron chi connectivity index (χ1n) is 8.92. The molecule has 2 saturated carbocycles. The van der Waals surface area contributed by atoms with Crippen molar-refractivity contribution in [3.63, 3.8) is 0 Å². The maximum atomic E-state index is 10.2. The average Bonchev–Trinajstić information content (AvgIpc) is 2.45. The van der Waals surface area contributed by atoms with Crippen LogP contribution in [0.1, 0.15) is 71.6 Å². The van der Waals surface area contributed by atoms with Gasteiger partial charge in [0.05, 0.1) is 12.1 Å². The van der Waals surface area contributed by atoms with E-state index in [-0.39, 0.29) is 0 Å². The lowest BCUT2D eigenvalue weighted by Gasteiger charge is -2.35. The van der Waals surface area contributed by atoms with E-state index in [1.165, 1.54) is 38.5 Å².